The van der Waals surface area contributed by atoms with Crippen molar-refractivity contribution in [2.75, 3.05) is 0 Å². The Labute approximate surface area is 97.8 Å². The topological polar surface area (TPSA) is 34.1 Å². The molecule has 90 valence electrons. The van der Waals surface area contributed by atoms with Crippen LogP contribution in [0.1, 0.15) is 52.9 Å². The summed E-state index contributed by atoms with van der Waals surface area (Å²) in [6, 6.07) is 0. The molecule has 0 unspecified atom stereocenters. The van der Waals surface area contributed by atoms with Gasteiger partial charge in [0.15, 0.2) is 0 Å². The minimum absolute atomic E-state index is 0.167. The van der Waals surface area contributed by atoms with Crippen LogP contribution >= 0.6 is 0 Å². The van der Waals surface area contributed by atoms with Gasteiger partial charge in [0.1, 0.15) is 11.6 Å². The fraction of sp³-hybridized carbons (Fsp3) is 0.857. The van der Waals surface area contributed by atoms with E-state index >= 15 is 0 Å². The molecule has 0 saturated heterocycles. The van der Waals surface area contributed by atoms with Gasteiger partial charge in [-0.3, -0.25) is 9.59 Å². The van der Waals surface area contributed by atoms with Crippen LogP contribution in [-0.4, -0.2) is 11.6 Å². The highest BCUT2D eigenvalue weighted by Crippen LogP contribution is 2.52. The lowest BCUT2D eigenvalue weighted by Crippen LogP contribution is -2.45. The molecule has 2 fully saturated rings. The maximum atomic E-state index is 11.8. The largest absolute Gasteiger partial charge is 0.300 e. The number of hydrogen-bond donors (Lipinski definition) is 0. The summed E-state index contributed by atoms with van der Waals surface area (Å²) in [6.07, 6.45) is 4.88. The lowest BCUT2D eigenvalue weighted by atomic mass is 9.54. The zero-order valence-electron chi connectivity index (χ0n) is 10.6. The third-order valence-electron chi connectivity index (χ3n) is 5.13. The highest BCUT2D eigenvalue weighted by Gasteiger charge is 2.47. The molecule has 0 radical (unpaired) electrons. The molecule has 0 bridgehead atoms. The maximum Gasteiger partial charge on any atom is 0.136 e. The molecule has 4 atom stereocenters. The molecule has 2 rings (SSSR count). The number of carbonyl (C=O) groups is 2. The van der Waals surface area contributed by atoms with E-state index in [9.17, 15) is 9.59 Å². The third-order valence-corrected chi connectivity index (χ3v) is 5.13. The van der Waals surface area contributed by atoms with Gasteiger partial charge in [0, 0.05) is 18.3 Å². The van der Waals surface area contributed by atoms with Gasteiger partial charge in [-0.1, -0.05) is 13.8 Å². The van der Waals surface area contributed by atoms with E-state index in [4.69, 9.17) is 0 Å². The molecular formula is C14H22O2. The van der Waals surface area contributed by atoms with E-state index in [-0.39, 0.29) is 11.8 Å². The van der Waals surface area contributed by atoms with Crippen molar-refractivity contribution in [3.63, 3.8) is 0 Å². The molecule has 2 saturated carbocycles. The quantitative estimate of drug-likeness (QED) is 0.683. The van der Waals surface area contributed by atoms with Gasteiger partial charge < -0.3 is 0 Å². The Morgan fingerprint density at radius 2 is 2.06 bits per heavy atom. The second-order valence-electron chi connectivity index (χ2n) is 6.10. The van der Waals surface area contributed by atoms with Gasteiger partial charge in [-0.15, -0.1) is 0 Å². The van der Waals surface area contributed by atoms with E-state index in [1.165, 1.54) is 0 Å². The van der Waals surface area contributed by atoms with Gasteiger partial charge >= 0.3 is 0 Å². The second kappa shape index (κ2) is 3.97. The first-order chi connectivity index (χ1) is 7.44. The lowest BCUT2D eigenvalue weighted by molar-refractivity contribution is -0.136. The van der Waals surface area contributed by atoms with Gasteiger partial charge in [0.05, 0.1) is 0 Å². The number of fused-ring (bicyclic) bond motifs is 1. The van der Waals surface area contributed by atoms with Gasteiger partial charge in [-0.2, -0.15) is 0 Å². The molecule has 0 heterocycles. The Hall–Kier alpha value is -0.660. The number of Topliss-reactive ketones (excluding diaryl/α,β-unsaturated/α-hetero) is 2. The Bertz CT molecular complexity index is 321. The molecule has 0 spiro atoms. The van der Waals surface area contributed by atoms with Crippen molar-refractivity contribution >= 4 is 11.6 Å². The van der Waals surface area contributed by atoms with Gasteiger partial charge in [0.25, 0.3) is 0 Å². The summed E-state index contributed by atoms with van der Waals surface area (Å²) in [5, 5.41) is 0. The predicted octanol–water partition coefficient (Wildman–Crippen LogP) is 3.00. The van der Waals surface area contributed by atoms with Gasteiger partial charge in [-0.25, -0.2) is 0 Å². The summed E-state index contributed by atoms with van der Waals surface area (Å²) in [5.41, 5.74) is 0.319. The molecule has 0 aromatic heterocycles. The molecule has 0 aliphatic heterocycles. The molecule has 2 heteroatoms. The number of carbonyl (C=O) groups excluding carboxylic acids is 2. The fourth-order valence-corrected chi connectivity index (χ4v) is 3.75. The zero-order chi connectivity index (χ0) is 11.9. The lowest BCUT2D eigenvalue weighted by Gasteiger charge is -2.49. The van der Waals surface area contributed by atoms with Gasteiger partial charge in [0.2, 0.25) is 0 Å². The first-order valence-corrected chi connectivity index (χ1v) is 6.47. The Kier molecular flexibility index (Phi) is 2.93. The van der Waals surface area contributed by atoms with Crippen molar-refractivity contribution in [1.29, 1.82) is 0 Å². The van der Waals surface area contributed by atoms with E-state index in [1.807, 2.05) is 0 Å². The van der Waals surface area contributed by atoms with Crippen LogP contribution in [0.4, 0.5) is 0 Å². The average Bonchev–Trinajstić information content (AvgIpc) is 2.24. The smallest absolute Gasteiger partial charge is 0.136 e. The van der Waals surface area contributed by atoms with Crippen LogP contribution in [0.15, 0.2) is 0 Å². The van der Waals surface area contributed by atoms with Crippen molar-refractivity contribution in [3.8, 4) is 0 Å². The molecule has 16 heavy (non-hydrogen) atoms. The summed E-state index contributed by atoms with van der Waals surface area (Å²) in [6.45, 7) is 6.08. The predicted molar refractivity (Wildman–Crippen MR) is 63.0 cm³/mol. The highest BCUT2D eigenvalue weighted by molar-refractivity contribution is 5.82. The van der Waals surface area contributed by atoms with E-state index in [0.29, 0.717) is 22.9 Å². The van der Waals surface area contributed by atoms with E-state index in [1.54, 1.807) is 6.92 Å². The summed E-state index contributed by atoms with van der Waals surface area (Å²) in [5.74, 6) is 1.54. The van der Waals surface area contributed by atoms with Crippen LogP contribution in [0.25, 0.3) is 0 Å². The fourth-order valence-electron chi connectivity index (χ4n) is 3.75. The molecule has 0 amide bonds. The van der Waals surface area contributed by atoms with E-state index in [2.05, 4.69) is 13.8 Å². The van der Waals surface area contributed by atoms with E-state index < -0.39 is 0 Å². The standard InChI is InChI=1S/C14H22O2/c1-9-12-8-11(10(2)15)4-6-14(12,3)7-5-13(9)16/h9,11-12H,4-8H2,1-3H3/t9-,11+,12+,14+/m0/s1. The van der Waals surface area contributed by atoms with Crippen LogP contribution in [0.2, 0.25) is 0 Å². The molecule has 0 N–H and O–H groups in total. The van der Waals surface area contributed by atoms with Crippen LogP contribution in [0, 0.1) is 23.2 Å². The van der Waals surface area contributed by atoms with Crippen LogP contribution in [0.3, 0.4) is 0 Å². The molecular weight excluding hydrogens is 200 g/mol. The molecule has 2 aliphatic carbocycles. The number of hydrogen-bond acceptors (Lipinski definition) is 2. The van der Waals surface area contributed by atoms with Crippen molar-refractivity contribution in [2.45, 2.75) is 52.9 Å². The zero-order valence-corrected chi connectivity index (χ0v) is 10.6. The molecule has 0 aromatic rings. The van der Waals surface area contributed by atoms with Crippen molar-refractivity contribution < 1.29 is 9.59 Å². The van der Waals surface area contributed by atoms with Crippen molar-refractivity contribution in [2.24, 2.45) is 23.2 Å². The summed E-state index contributed by atoms with van der Waals surface area (Å²) in [4.78, 5) is 23.3. The van der Waals surface area contributed by atoms with Crippen molar-refractivity contribution in [3.05, 3.63) is 0 Å². The SMILES string of the molecule is CC(=O)[C@@H]1CC[C@]2(C)CCC(=O)[C@@H](C)[C@H]2C1. The molecule has 0 aromatic carbocycles. The van der Waals surface area contributed by atoms with Gasteiger partial charge in [-0.05, 0) is 43.9 Å². The van der Waals surface area contributed by atoms with Crippen LogP contribution < -0.4 is 0 Å². The Morgan fingerprint density at radius 3 is 2.69 bits per heavy atom. The first-order valence-electron chi connectivity index (χ1n) is 6.47. The van der Waals surface area contributed by atoms with Crippen molar-refractivity contribution in [1.82, 2.24) is 0 Å². The summed E-state index contributed by atoms with van der Waals surface area (Å²) < 4.78 is 0. The maximum absolute atomic E-state index is 11.8. The highest BCUT2D eigenvalue weighted by atomic mass is 16.1. The first kappa shape index (κ1) is 11.8. The monoisotopic (exact) mass is 222 g/mol. The third kappa shape index (κ3) is 1.83. The summed E-state index contributed by atoms with van der Waals surface area (Å²) >= 11 is 0. The van der Waals surface area contributed by atoms with Crippen LogP contribution in [0.5, 0.6) is 0 Å². The molecule has 2 aliphatic rings. The minimum atomic E-state index is 0.167. The minimum Gasteiger partial charge on any atom is -0.300 e. The van der Waals surface area contributed by atoms with Crippen LogP contribution in [-0.2, 0) is 9.59 Å². The Morgan fingerprint density at radius 1 is 1.38 bits per heavy atom. The molecule has 2 nitrogen and oxygen atoms in total. The average molecular weight is 222 g/mol. The van der Waals surface area contributed by atoms with E-state index in [0.717, 1.165) is 32.1 Å². The summed E-state index contributed by atoms with van der Waals surface area (Å²) in [7, 11) is 0. The number of ketones is 2. The number of rotatable bonds is 1. The second-order valence-corrected chi connectivity index (χ2v) is 6.10. The Balaban J connectivity index is 2.18. The normalized spacial score (nSPS) is 43.9.